The van der Waals surface area contributed by atoms with Crippen LogP contribution in [0.3, 0.4) is 0 Å². The highest BCUT2D eigenvalue weighted by molar-refractivity contribution is 7.89. The topological polar surface area (TPSA) is 83.0 Å². The van der Waals surface area contributed by atoms with E-state index in [1.807, 2.05) is 19.9 Å². The van der Waals surface area contributed by atoms with Crippen LogP contribution >= 0.6 is 0 Å². The third kappa shape index (κ3) is 7.31. The fraction of sp³-hybridized carbons (Fsp3) is 0.611. The quantitative estimate of drug-likeness (QED) is 0.345. The maximum absolute atomic E-state index is 12.5. The van der Waals surface area contributed by atoms with Crippen molar-refractivity contribution in [2.24, 2.45) is 4.99 Å². The number of hydrogen-bond acceptors (Lipinski definition) is 4. The second kappa shape index (κ2) is 11.9. The SMILES string of the molecule is CCNC(=NCc1ccccc1S(=O)(=O)N(C)C)NCCCCOCC. The molecule has 0 atom stereocenters. The number of ether oxygens (including phenoxy) is 1. The number of nitrogens with one attached hydrogen (secondary N) is 2. The molecule has 26 heavy (non-hydrogen) atoms. The highest BCUT2D eigenvalue weighted by Crippen LogP contribution is 2.19. The molecule has 0 radical (unpaired) electrons. The molecule has 0 unspecified atom stereocenters. The van der Waals surface area contributed by atoms with E-state index < -0.39 is 10.0 Å². The van der Waals surface area contributed by atoms with E-state index in [4.69, 9.17) is 4.74 Å². The molecule has 1 aromatic rings. The lowest BCUT2D eigenvalue weighted by Gasteiger charge is -2.15. The average Bonchev–Trinajstić information content (AvgIpc) is 2.62. The van der Waals surface area contributed by atoms with Crippen LogP contribution in [0, 0.1) is 0 Å². The molecule has 148 valence electrons. The van der Waals surface area contributed by atoms with Gasteiger partial charge < -0.3 is 15.4 Å². The molecule has 0 aliphatic heterocycles. The van der Waals surface area contributed by atoms with Crippen molar-refractivity contribution in [3.63, 3.8) is 0 Å². The van der Waals surface area contributed by atoms with E-state index in [0.717, 1.165) is 39.1 Å². The van der Waals surface area contributed by atoms with E-state index in [9.17, 15) is 8.42 Å². The summed E-state index contributed by atoms with van der Waals surface area (Å²) in [7, 11) is -0.426. The van der Waals surface area contributed by atoms with Gasteiger partial charge in [0.15, 0.2) is 5.96 Å². The third-order valence-corrected chi connectivity index (χ3v) is 5.61. The second-order valence-electron chi connectivity index (χ2n) is 5.92. The van der Waals surface area contributed by atoms with Gasteiger partial charge in [0.25, 0.3) is 0 Å². The Kier molecular flexibility index (Phi) is 10.2. The summed E-state index contributed by atoms with van der Waals surface area (Å²) in [4.78, 5) is 4.82. The summed E-state index contributed by atoms with van der Waals surface area (Å²) in [5, 5.41) is 6.46. The van der Waals surface area contributed by atoms with Gasteiger partial charge in [0.1, 0.15) is 0 Å². The zero-order valence-corrected chi connectivity index (χ0v) is 17.1. The van der Waals surface area contributed by atoms with Gasteiger partial charge >= 0.3 is 0 Å². The molecule has 0 aromatic heterocycles. The first-order valence-electron chi connectivity index (χ1n) is 9.03. The number of nitrogens with zero attached hydrogens (tertiary/aromatic N) is 2. The number of benzene rings is 1. The number of unbranched alkanes of at least 4 members (excludes halogenated alkanes) is 1. The van der Waals surface area contributed by atoms with Gasteiger partial charge in [-0.25, -0.2) is 17.7 Å². The zero-order chi connectivity index (χ0) is 19.4. The van der Waals surface area contributed by atoms with Crippen molar-refractivity contribution in [2.45, 2.75) is 38.1 Å². The lowest BCUT2D eigenvalue weighted by atomic mass is 10.2. The Labute approximate surface area is 157 Å². The fourth-order valence-corrected chi connectivity index (χ4v) is 3.38. The van der Waals surface area contributed by atoms with Crippen molar-refractivity contribution in [1.29, 1.82) is 0 Å². The number of hydrogen-bond donors (Lipinski definition) is 2. The Morgan fingerprint density at radius 1 is 1.15 bits per heavy atom. The van der Waals surface area contributed by atoms with Gasteiger partial charge in [0.2, 0.25) is 10.0 Å². The predicted molar refractivity (Wildman–Crippen MR) is 106 cm³/mol. The van der Waals surface area contributed by atoms with Crippen molar-refractivity contribution in [1.82, 2.24) is 14.9 Å². The van der Waals surface area contributed by atoms with E-state index in [0.29, 0.717) is 16.4 Å². The molecule has 7 nitrogen and oxygen atoms in total. The molecular formula is C18H32N4O3S. The lowest BCUT2D eigenvalue weighted by Crippen LogP contribution is -2.37. The van der Waals surface area contributed by atoms with Crippen LogP contribution in [0.25, 0.3) is 0 Å². The third-order valence-electron chi connectivity index (χ3n) is 3.69. The summed E-state index contributed by atoms with van der Waals surface area (Å²) in [6.45, 7) is 7.31. The van der Waals surface area contributed by atoms with Crippen LogP contribution < -0.4 is 10.6 Å². The van der Waals surface area contributed by atoms with Crippen molar-refractivity contribution in [3.8, 4) is 0 Å². The molecule has 0 fully saturated rings. The van der Waals surface area contributed by atoms with Gasteiger partial charge in [0, 0.05) is 40.4 Å². The molecule has 1 aromatic carbocycles. The molecule has 0 aliphatic carbocycles. The lowest BCUT2D eigenvalue weighted by molar-refractivity contribution is 0.143. The molecule has 0 saturated carbocycles. The first-order chi connectivity index (χ1) is 12.4. The van der Waals surface area contributed by atoms with Crippen LogP contribution in [-0.2, 0) is 21.3 Å². The van der Waals surface area contributed by atoms with E-state index in [2.05, 4.69) is 15.6 Å². The largest absolute Gasteiger partial charge is 0.382 e. The van der Waals surface area contributed by atoms with Gasteiger partial charge in [0.05, 0.1) is 11.4 Å². The maximum atomic E-state index is 12.5. The summed E-state index contributed by atoms with van der Waals surface area (Å²) in [5.74, 6) is 0.681. The second-order valence-corrected chi connectivity index (χ2v) is 8.04. The monoisotopic (exact) mass is 384 g/mol. The van der Waals surface area contributed by atoms with Crippen LogP contribution in [0.2, 0.25) is 0 Å². The van der Waals surface area contributed by atoms with Crippen molar-refractivity contribution >= 4 is 16.0 Å². The Bertz CT molecular complexity index is 660. The minimum atomic E-state index is -3.49. The van der Waals surface area contributed by atoms with E-state index in [1.165, 1.54) is 18.4 Å². The van der Waals surface area contributed by atoms with Crippen molar-refractivity contribution < 1.29 is 13.2 Å². The molecule has 1 rings (SSSR count). The standard InChI is InChI=1S/C18H32N4O3S/c1-5-19-18(20-13-9-10-14-25-6-2)21-15-16-11-7-8-12-17(16)26(23,24)22(3)4/h7-8,11-12H,5-6,9-10,13-15H2,1-4H3,(H2,19,20,21). The summed E-state index contributed by atoms with van der Waals surface area (Å²) in [6.07, 6.45) is 1.97. The molecule has 0 bridgehead atoms. The first kappa shape index (κ1) is 22.4. The van der Waals surface area contributed by atoms with Crippen molar-refractivity contribution in [2.75, 3.05) is 40.4 Å². The molecular weight excluding hydrogens is 352 g/mol. The smallest absolute Gasteiger partial charge is 0.242 e. The number of sulfonamides is 1. The van der Waals surface area contributed by atoms with E-state index >= 15 is 0 Å². The predicted octanol–water partition coefficient (Wildman–Crippen LogP) is 1.81. The van der Waals surface area contributed by atoms with Crippen molar-refractivity contribution in [3.05, 3.63) is 29.8 Å². The maximum Gasteiger partial charge on any atom is 0.242 e. The Morgan fingerprint density at radius 3 is 2.54 bits per heavy atom. The molecule has 2 N–H and O–H groups in total. The van der Waals surface area contributed by atoms with Gasteiger partial charge in [-0.3, -0.25) is 0 Å². The first-order valence-corrected chi connectivity index (χ1v) is 10.5. The minimum Gasteiger partial charge on any atom is -0.382 e. The van der Waals surface area contributed by atoms with Crippen LogP contribution in [0.4, 0.5) is 0 Å². The highest BCUT2D eigenvalue weighted by Gasteiger charge is 2.20. The van der Waals surface area contributed by atoms with Crippen LogP contribution in [-0.4, -0.2) is 59.1 Å². The van der Waals surface area contributed by atoms with E-state index in [-0.39, 0.29) is 6.54 Å². The molecule has 0 amide bonds. The van der Waals surface area contributed by atoms with Gasteiger partial charge in [-0.1, -0.05) is 18.2 Å². The Morgan fingerprint density at radius 2 is 1.88 bits per heavy atom. The number of rotatable bonds is 11. The van der Waals surface area contributed by atoms with Gasteiger partial charge in [-0.15, -0.1) is 0 Å². The number of aliphatic imine (C=N–C) groups is 1. The van der Waals surface area contributed by atoms with E-state index in [1.54, 1.807) is 18.2 Å². The van der Waals surface area contributed by atoms with Gasteiger partial charge in [-0.2, -0.15) is 0 Å². The molecule has 0 heterocycles. The fourth-order valence-electron chi connectivity index (χ4n) is 2.27. The normalized spacial score (nSPS) is 12.4. The van der Waals surface area contributed by atoms with Gasteiger partial charge in [-0.05, 0) is 38.3 Å². The molecule has 0 aliphatic rings. The molecule has 0 saturated heterocycles. The van der Waals surface area contributed by atoms with Crippen LogP contribution in [0.1, 0.15) is 32.3 Å². The molecule has 8 heteroatoms. The average molecular weight is 385 g/mol. The Balaban J connectivity index is 2.75. The Hall–Kier alpha value is -1.64. The highest BCUT2D eigenvalue weighted by atomic mass is 32.2. The van der Waals surface area contributed by atoms with Crippen LogP contribution in [0.5, 0.6) is 0 Å². The summed E-state index contributed by atoms with van der Waals surface area (Å²) >= 11 is 0. The van der Waals surface area contributed by atoms with Crippen LogP contribution in [0.15, 0.2) is 34.2 Å². The summed E-state index contributed by atoms with van der Waals surface area (Å²) in [5.41, 5.74) is 0.676. The summed E-state index contributed by atoms with van der Waals surface area (Å²) < 4.78 is 31.5. The minimum absolute atomic E-state index is 0.289. The molecule has 0 spiro atoms. The number of guanidine groups is 1. The zero-order valence-electron chi connectivity index (χ0n) is 16.3. The summed E-state index contributed by atoms with van der Waals surface area (Å²) in [6, 6.07) is 6.97.